The first-order valence-electron chi connectivity index (χ1n) is 7.93. The molecule has 1 atom stereocenters. The van der Waals surface area contributed by atoms with Crippen molar-refractivity contribution < 1.29 is 14.3 Å². The lowest BCUT2D eigenvalue weighted by Crippen LogP contribution is -2.31. The molecule has 1 amide bonds. The monoisotopic (exact) mass is 371 g/mol. The number of aryl methyl sites for hydroxylation is 1. The maximum absolute atomic E-state index is 12.4. The van der Waals surface area contributed by atoms with Crippen LogP contribution in [0.1, 0.15) is 28.3 Å². The summed E-state index contributed by atoms with van der Waals surface area (Å²) < 4.78 is 6.17. The summed E-state index contributed by atoms with van der Waals surface area (Å²) >= 11 is 1.53. The van der Waals surface area contributed by atoms with Gasteiger partial charge >= 0.3 is 5.97 Å². The summed E-state index contributed by atoms with van der Waals surface area (Å²) in [5.74, 6) is -1.16. The van der Waals surface area contributed by atoms with Crippen molar-refractivity contribution in [1.82, 2.24) is 15.1 Å². The van der Waals surface area contributed by atoms with E-state index >= 15 is 0 Å². The molecule has 0 saturated heterocycles. The van der Waals surface area contributed by atoms with Gasteiger partial charge in [0.1, 0.15) is 0 Å². The van der Waals surface area contributed by atoms with Crippen LogP contribution in [0.2, 0.25) is 0 Å². The number of carbonyl (C=O) groups excluding carboxylic acids is 2. The molecule has 0 saturated carbocycles. The van der Waals surface area contributed by atoms with Crippen LogP contribution in [0.15, 0.2) is 46.6 Å². The number of carbonyl (C=O) groups is 2. The fourth-order valence-electron chi connectivity index (χ4n) is 2.54. The van der Waals surface area contributed by atoms with Crippen molar-refractivity contribution in [3.63, 3.8) is 0 Å². The number of nitrogens with zero attached hydrogens (tertiary/aromatic N) is 2. The van der Waals surface area contributed by atoms with Crippen molar-refractivity contribution in [3.8, 4) is 0 Å². The minimum atomic E-state index is -0.754. The van der Waals surface area contributed by atoms with Crippen LogP contribution in [0.5, 0.6) is 0 Å². The van der Waals surface area contributed by atoms with Crippen LogP contribution in [-0.4, -0.2) is 28.3 Å². The lowest BCUT2D eigenvalue weighted by atomic mass is 10.1. The average Bonchev–Trinajstić information content (AvgIpc) is 3.17. The van der Waals surface area contributed by atoms with Crippen molar-refractivity contribution in [1.29, 1.82) is 0 Å². The Kier molecular flexibility index (Phi) is 5.13. The van der Waals surface area contributed by atoms with Gasteiger partial charge in [0.15, 0.2) is 12.3 Å². The first-order chi connectivity index (χ1) is 12.5. The maximum Gasteiger partial charge on any atom is 0.359 e. The number of esters is 1. The van der Waals surface area contributed by atoms with Crippen LogP contribution >= 0.6 is 11.3 Å². The van der Waals surface area contributed by atoms with Crippen LogP contribution in [0.25, 0.3) is 10.8 Å². The summed E-state index contributed by atoms with van der Waals surface area (Å²) in [6.07, 6.45) is 0. The van der Waals surface area contributed by atoms with Gasteiger partial charge in [-0.3, -0.25) is 9.59 Å². The Morgan fingerprint density at radius 2 is 1.96 bits per heavy atom. The molecule has 0 bridgehead atoms. The van der Waals surface area contributed by atoms with Gasteiger partial charge in [-0.2, -0.15) is 5.10 Å². The number of benzene rings is 1. The van der Waals surface area contributed by atoms with Crippen LogP contribution in [0.3, 0.4) is 0 Å². The van der Waals surface area contributed by atoms with E-state index in [0.717, 1.165) is 9.56 Å². The number of hydrogen-bond donors (Lipinski definition) is 1. The molecule has 2 heterocycles. The molecule has 0 aliphatic heterocycles. The number of thiophene rings is 1. The molecule has 0 spiro atoms. The normalized spacial score (nSPS) is 11.9. The predicted octanol–water partition coefficient (Wildman–Crippen LogP) is 2.03. The molecule has 8 heteroatoms. The number of rotatable bonds is 5. The van der Waals surface area contributed by atoms with Crippen LogP contribution in [-0.2, 0) is 16.6 Å². The molecule has 134 valence electrons. The smallest absolute Gasteiger partial charge is 0.359 e. The van der Waals surface area contributed by atoms with E-state index in [-0.39, 0.29) is 17.3 Å². The molecule has 3 aromatic rings. The fraction of sp³-hybridized carbons (Fsp3) is 0.222. The van der Waals surface area contributed by atoms with Crippen molar-refractivity contribution in [2.45, 2.75) is 13.0 Å². The topological polar surface area (TPSA) is 90.3 Å². The molecule has 0 unspecified atom stereocenters. The van der Waals surface area contributed by atoms with E-state index in [1.807, 2.05) is 24.4 Å². The average molecular weight is 371 g/mol. The van der Waals surface area contributed by atoms with E-state index in [9.17, 15) is 14.4 Å². The molecule has 0 fully saturated rings. The minimum absolute atomic E-state index is 0.00167. The van der Waals surface area contributed by atoms with Gasteiger partial charge in [0.05, 0.1) is 11.4 Å². The Bertz CT molecular complexity index is 1010. The van der Waals surface area contributed by atoms with Gasteiger partial charge in [0.25, 0.3) is 11.5 Å². The van der Waals surface area contributed by atoms with E-state index < -0.39 is 18.5 Å². The van der Waals surface area contributed by atoms with Gasteiger partial charge in [0.2, 0.25) is 0 Å². The molecule has 1 N–H and O–H groups in total. The van der Waals surface area contributed by atoms with E-state index in [1.54, 1.807) is 24.3 Å². The Morgan fingerprint density at radius 3 is 2.65 bits per heavy atom. The Labute approximate surface area is 153 Å². The summed E-state index contributed by atoms with van der Waals surface area (Å²) in [6.45, 7) is 1.43. The Morgan fingerprint density at radius 1 is 1.23 bits per heavy atom. The van der Waals surface area contributed by atoms with Gasteiger partial charge < -0.3 is 10.1 Å². The molecular weight excluding hydrogens is 354 g/mol. The van der Waals surface area contributed by atoms with E-state index in [2.05, 4.69) is 10.4 Å². The first-order valence-corrected chi connectivity index (χ1v) is 8.81. The highest BCUT2D eigenvalue weighted by molar-refractivity contribution is 7.10. The molecule has 3 rings (SSSR count). The zero-order chi connectivity index (χ0) is 18.7. The third-order valence-corrected chi connectivity index (χ3v) is 4.89. The van der Waals surface area contributed by atoms with Crippen LogP contribution in [0, 0.1) is 0 Å². The van der Waals surface area contributed by atoms with Crippen molar-refractivity contribution in [2.75, 3.05) is 6.61 Å². The Hall–Kier alpha value is -3.00. The second kappa shape index (κ2) is 7.49. The highest BCUT2D eigenvalue weighted by Gasteiger charge is 2.19. The molecule has 0 aliphatic carbocycles. The molecule has 7 nitrogen and oxygen atoms in total. The first kappa shape index (κ1) is 17.8. The van der Waals surface area contributed by atoms with E-state index in [1.165, 1.54) is 18.4 Å². The molecule has 0 radical (unpaired) electrons. The summed E-state index contributed by atoms with van der Waals surface area (Å²) in [7, 11) is 1.46. The largest absolute Gasteiger partial charge is 0.451 e. The standard InChI is InChI=1S/C18H17N3O4S/c1-11(14-8-5-9-26-14)19-15(22)10-25-18(24)16-12-6-3-4-7-13(12)17(23)21(2)20-16/h3-9,11H,10H2,1-2H3,(H,19,22)/t11-/m0/s1. The van der Waals surface area contributed by atoms with Gasteiger partial charge in [-0.1, -0.05) is 24.3 Å². The lowest BCUT2D eigenvalue weighted by molar-refractivity contribution is -0.124. The third kappa shape index (κ3) is 3.65. The number of fused-ring (bicyclic) bond motifs is 1. The summed E-state index contributed by atoms with van der Waals surface area (Å²) in [5, 5.41) is 9.43. The van der Waals surface area contributed by atoms with Crippen molar-refractivity contribution in [3.05, 3.63) is 62.7 Å². The molecule has 0 aliphatic rings. The zero-order valence-electron chi connectivity index (χ0n) is 14.3. The summed E-state index contributed by atoms with van der Waals surface area (Å²) in [4.78, 5) is 37.5. The second-order valence-electron chi connectivity index (χ2n) is 5.70. The van der Waals surface area contributed by atoms with Crippen LogP contribution in [0.4, 0.5) is 0 Å². The second-order valence-corrected chi connectivity index (χ2v) is 6.68. The zero-order valence-corrected chi connectivity index (χ0v) is 15.1. The molecular formula is C18H17N3O4S. The van der Waals surface area contributed by atoms with E-state index in [0.29, 0.717) is 10.8 Å². The highest BCUT2D eigenvalue weighted by Crippen LogP contribution is 2.18. The SMILES string of the molecule is C[C@H](NC(=O)COC(=O)c1nn(C)c(=O)c2ccccc12)c1cccs1. The number of hydrogen-bond acceptors (Lipinski definition) is 6. The maximum atomic E-state index is 12.4. The predicted molar refractivity (Wildman–Crippen MR) is 98.1 cm³/mol. The van der Waals surface area contributed by atoms with Crippen molar-refractivity contribution >= 4 is 34.0 Å². The molecule has 2 aromatic heterocycles. The number of amides is 1. The molecule has 26 heavy (non-hydrogen) atoms. The van der Waals surface area contributed by atoms with Gasteiger partial charge in [-0.15, -0.1) is 11.3 Å². The number of aromatic nitrogens is 2. The highest BCUT2D eigenvalue weighted by atomic mass is 32.1. The van der Waals surface area contributed by atoms with Crippen LogP contribution < -0.4 is 10.9 Å². The quantitative estimate of drug-likeness (QED) is 0.693. The summed E-state index contributed by atoms with van der Waals surface area (Å²) in [6, 6.07) is 10.3. The number of ether oxygens (including phenoxy) is 1. The lowest BCUT2D eigenvalue weighted by Gasteiger charge is -2.12. The molecule has 1 aromatic carbocycles. The number of nitrogens with one attached hydrogen (secondary N) is 1. The summed E-state index contributed by atoms with van der Waals surface area (Å²) in [5.41, 5.74) is -0.304. The Balaban J connectivity index is 1.71. The minimum Gasteiger partial charge on any atom is -0.451 e. The van der Waals surface area contributed by atoms with Crippen molar-refractivity contribution in [2.24, 2.45) is 7.05 Å². The van der Waals surface area contributed by atoms with E-state index in [4.69, 9.17) is 4.74 Å². The van der Waals surface area contributed by atoms with Gasteiger partial charge in [0, 0.05) is 17.3 Å². The van der Waals surface area contributed by atoms with Gasteiger partial charge in [-0.25, -0.2) is 9.48 Å². The third-order valence-electron chi connectivity index (χ3n) is 3.83. The fourth-order valence-corrected chi connectivity index (χ4v) is 3.28. The van der Waals surface area contributed by atoms with Gasteiger partial charge in [-0.05, 0) is 24.4 Å².